The van der Waals surface area contributed by atoms with Crippen LogP contribution >= 0.6 is 23.1 Å². The van der Waals surface area contributed by atoms with Crippen LogP contribution in [0.15, 0.2) is 33.5 Å². The molecule has 0 saturated carbocycles. The minimum Gasteiger partial charge on any atom is -0.546 e. The monoisotopic (exact) mass is 608 g/mol. The molecule has 1 aromatic rings. The number of allylic oxidation sites excluding steroid dienone is 1. The minimum atomic E-state index is -1.88. The molecular weight excluding hydrogens is 586 g/mol. The van der Waals surface area contributed by atoms with Crippen LogP contribution in [0, 0.1) is 0 Å². The average Bonchev–Trinajstić information content (AvgIpc) is 3.42. The minimum absolute atomic E-state index is 0. The van der Waals surface area contributed by atoms with Crippen molar-refractivity contribution < 1.29 is 98.1 Å². The molecule has 0 bridgehead atoms. The number of anilines is 1. The van der Waals surface area contributed by atoms with Gasteiger partial charge in [0.05, 0.1) is 17.6 Å². The summed E-state index contributed by atoms with van der Waals surface area (Å²) in [6.45, 7) is 2.84. The third-order valence-corrected chi connectivity index (χ3v) is 7.98. The van der Waals surface area contributed by atoms with E-state index in [1.807, 2.05) is 0 Å². The Morgan fingerprint density at radius 2 is 1.95 bits per heavy atom. The first-order valence-corrected chi connectivity index (χ1v) is 13.1. The van der Waals surface area contributed by atoms with Gasteiger partial charge in [0.25, 0.3) is 11.8 Å². The van der Waals surface area contributed by atoms with Crippen molar-refractivity contribution in [3.8, 4) is 0 Å². The van der Waals surface area contributed by atoms with Crippen LogP contribution in [0.2, 0.25) is 0 Å². The number of hydrogen-bond acceptors (Lipinski definition) is 13. The fraction of sp³-hybridized carbons (Fsp3) is 0.409. The number of likely N-dealkylation sites (N-methyl/N-ethyl adjacent to an activating group) is 1. The fourth-order valence-electron chi connectivity index (χ4n) is 3.84. The smallest absolute Gasteiger partial charge is 0.546 e. The van der Waals surface area contributed by atoms with Crippen molar-refractivity contribution in [2.45, 2.75) is 37.3 Å². The van der Waals surface area contributed by atoms with Gasteiger partial charge in [-0.25, -0.2) is 4.98 Å². The van der Waals surface area contributed by atoms with Crippen LogP contribution in [0.25, 0.3) is 0 Å². The molecule has 202 valence electrons. The number of carboxylic acids is 2. The molecular formula is C22H22N6Na2O8S2. The Hall–Kier alpha value is -1.92. The number of nitrogen functional groups attached to an aromatic ring is 1. The molecule has 0 aromatic carbocycles. The number of hydrogen-bond donors (Lipinski definition) is 2. The predicted molar refractivity (Wildman–Crippen MR) is 131 cm³/mol. The number of aromatic nitrogens is 1. The molecule has 0 aliphatic carbocycles. The molecule has 2 fully saturated rings. The Bertz CT molecular complexity index is 1340. The summed E-state index contributed by atoms with van der Waals surface area (Å²) in [5.41, 5.74) is 3.63. The van der Waals surface area contributed by atoms with Gasteiger partial charge < -0.3 is 40.6 Å². The summed E-state index contributed by atoms with van der Waals surface area (Å²) >= 11 is 2.19. The summed E-state index contributed by atoms with van der Waals surface area (Å²) in [5.74, 6) is -4.88. The molecule has 1 aromatic heterocycles. The Balaban J connectivity index is 0.00000280. The van der Waals surface area contributed by atoms with Crippen LogP contribution < -0.4 is 80.4 Å². The van der Waals surface area contributed by atoms with E-state index in [4.69, 9.17) is 10.6 Å². The molecule has 3 aliphatic heterocycles. The van der Waals surface area contributed by atoms with Crippen LogP contribution in [0.4, 0.5) is 5.13 Å². The quantitative estimate of drug-likeness (QED) is 0.0930. The normalized spacial score (nSPS) is 21.8. The Kier molecular flexibility index (Phi) is 11.5. The zero-order chi connectivity index (χ0) is 27.9. The first-order valence-electron chi connectivity index (χ1n) is 11.2. The number of thioether (sulfide) groups is 1. The van der Waals surface area contributed by atoms with Crippen molar-refractivity contribution in [1.82, 2.24) is 20.1 Å². The van der Waals surface area contributed by atoms with Crippen LogP contribution in [0.3, 0.4) is 0 Å². The van der Waals surface area contributed by atoms with Gasteiger partial charge in [-0.3, -0.25) is 19.3 Å². The maximum atomic E-state index is 13.1. The van der Waals surface area contributed by atoms with E-state index >= 15 is 0 Å². The summed E-state index contributed by atoms with van der Waals surface area (Å²) in [4.78, 5) is 73.1. The number of oxime groups is 1. The number of carbonyl (C=O) groups excluding carboxylic acids is 5. The number of carboxylic acid groups (broad SMARTS) is 2. The number of rotatable bonds is 8. The van der Waals surface area contributed by atoms with E-state index in [9.17, 15) is 34.2 Å². The SMILES string of the molecule is CN1CC/C(=C\C2=C(C(=O)[O-])N3C(=O)[C@@H](NC(=O)/C(=N\OC(C)(C)C(=O)[O-])c4csc(N)n4)[C@H]3SC2)C1=O.[Na+].[Na+]. The third-order valence-electron chi connectivity index (χ3n) is 6.00. The van der Waals surface area contributed by atoms with E-state index in [2.05, 4.69) is 15.5 Å². The van der Waals surface area contributed by atoms with Crippen molar-refractivity contribution >= 4 is 63.6 Å². The van der Waals surface area contributed by atoms with E-state index < -0.39 is 46.5 Å². The second kappa shape index (κ2) is 13.4. The fourth-order valence-corrected chi connectivity index (χ4v) is 5.69. The average molecular weight is 609 g/mol. The summed E-state index contributed by atoms with van der Waals surface area (Å²) < 4.78 is 0. The van der Waals surface area contributed by atoms with Gasteiger partial charge in [-0.05, 0) is 31.9 Å². The van der Waals surface area contributed by atoms with E-state index in [0.717, 1.165) is 16.2 Å². The first-order chi connectivity index (χ1) is 17.8. The van der Waals surface area contributed by atoms with Gasteiger partial charge in [-0.2, -0.15) is 0 Å². The molecule has 3 amide bonds. The molecule has 2 saturated heterocycles. The number of β-lactam (4-membered cyclic amide) rings is 1. The number of carbonyl (C=O) groups is 5. The first kappa shape index (κ1) is 34.3. The van der Waals surface area contributed by atoms with Gasteiger partial charge in [-0.1, -0.05) is 5.16 Å². The Morgan fingerprint density at radius 1 is 1.27 bits per heavy atom. The molecule has 40 heavy (non-hydrogen) atoms. The molecule has 0 unspecified atom stereocenters. The zero-order valence-corrected chi connectivity index (χ0v) is 28.0. The van der Waals surface area contributed by atoms with Crippen LogP contribution in [0.1, 0.15) is 26.0 Å². The molecule has 4 rings (SSSR count). The largest absolute Gasteiger partial charge is 1.00 e. The van der Waals surface area contributed by atoms with Crippen LogP contribution in [0.5, 0.6) is 0 Å². The topological polar surface area (TPSA) is 210 Å². The van der Waals surface area contributed by atoms with Gasteiger partial charge in [0.15, 0.2) is 16.4 Å². The number of thiazole rings is 1. The summed E-state index contributed by atoms with van der Waals surface area (Å²) in [7, 11) is 1.64. The molecule has 2 atom stereocenters. The van der Waals surface area contributed by atoms with Crippen molar-refractivity contribution in [2.75, 3.05) is 25.1 Å². The van der Waals surface area contributed by atoms with Crippen molar-refractivity contribution in [1.29, 1.82) is 0 Å². The number of nitrogens with two attached hydrogens (primary N) is 1. The summed E-state index contributed by atoms with van der Waals surface area (Å²) in [6.07, 6.45) is 1.92. The maximum Gasteiger partial charge on any atom is 1.00 e. The van der Waals surface area contributed by atoms with Gasteiger partial charge >= 0.3 is 59.1 Å². The van der Waals surface area contributed by atoms with Gasteiger partial charge in [0.1, 0.15) is 17.1 Å². The number of amides is 3. The van der Waals surface area contributed by atoms with Gasteiger partial charge in [0.2, 0.25) is 5.91 Å². The van der Waals surface area contributed by atoms with Crippen molar-refractivity contribution in [3.63, 3.8) is 0 Å². The Morgan fingerprint density at radius 3 is 2.48 bits per heavy atom. The number of nitrogens with one attached hydrogen (secondary N) is 1. The zero-order valence-electron chi connectivity index (χ0n) is 22.4. The molecule has 14 nitrogen and oxygen atoms in total. The van der Waals surface area contributed by atoms with Crippen LogP contribution in [-0.4, -0.2) is 86.5 Å². The van der Waals surface area contributed by atoms with Crippen molar-refractivity contribution in [2.24, 2.45) is 5.16 Å². The third kappa shape index (κ3) is 6.75. The molecule has 3 aliphatic rings. The molecule has 3 N–H and O–H groups in total. The molecule has 0 spiro atoms. The standard InChI is InChI=1S/C22H24N6O8S2.2Na/c1-22(2,20(34)35)36-26-12(11-8-38-21(23)24-11)15(29)25-13-17(31)28-14(19(32)33)10(7-37-18(13)28)6-9-4-5-27(3)16(9)30;;/h6,8,13,18H,4-5,7H2,1-3H3,(H2,23,24)(H,25,29)(H,32,33)(H,34,35);;/q;2*+1/p-2/b9-6+,26-12-;;/t13-,18-;;/m1../s1. The summed E-state index contributed by atoms with van der Waals surface area (Å²) in [6, 6.07) is -1.13. The summed E-state index contributed by atoms with van der Waals surface area (Å²) in [5, 5.41) is 30.1. The van der Waals surface area contributed by atoms with E-state index in [0.29, 0.717) is 18.5 Å². The van der Waals surface area contributed by atoms with Crippen LogP contribution in [-0.2, 0) is 28.8 Å². The maximum absolute atomic E-state index is 13.1. The number of likely N-dealkylation sites (tertiary alicyclic amines) is 1. The number of fused-ring (bicyclic) bond motifs is 1. The molecule has 18 heteroatoms. The van der Waals surface area contributed by atoms with E-state index in [-0.39, 0.29) is 92.9 Å². The van der Waals surface area contributed by atoms with Gasteiger partial charge in [0, 0.05) is 30.3 Å². The second-order valence-electron chi connectivity index (χ2n) is 9.07. The second-order valence-corrected chi connectivity index (χ2v) is 11.1. The van der Waals surface area contributed by atoms with Crippen molar-refractivity contribution in [3.05, 3.63) is 34.0 Å². The Labute approximate surface area is 281 Å². The van der Waals surface area contributed by atoms with E-state index in [1.165, 1.54) is 42.0 Å². The van der Waals surface area contributed by atoms with Gasteiger partial charge in [-0.15, -0.1) is 23.1 Å². The number of aliphatic carboxylic acids is 2. The van der Waals surface area contributed by atoms with E-state index in [1.54, 1.807) is 7.05 Å². The molecule has 4 heterocycles. The number of nitrogens with zero attached hydrogens (tertiary/aromatic N) is 4. The molecule has 0 radical (unpaired) electrons. The predicted octanol–water partition coefficient (Wildman–Crippen LogP) is -8.83.